The van der Waals surface area contributed by atoms with Gasteiger partial charge in [0.25, 0.3) is 0 Å². The third-order valence-electron chi connectivity index (χ3n) is 2.23. The second-order valence-electron chi connectivity index (χ2n) is 3.70. The van der Waals surface area contributed by atoms with Crippen LogP contribution in [0.25, 0.3) is 0 Å². The predicted octanol–water partition coefficient (Wildman–Crippen LogP) is 2.95. The van der Waals surface area contributed by atoms with E-state index in [1.165, 1.54) is 18.7 Å². The Balaban J connectivity index is 2.36. The first-order valence-corrected chi connectivity index (χ1v) is 5.50. The lowest BCUT2D eigenvalue weighted by Crippen LogP contribution is -2.03. The molecule has 0 radical (unpaired) electrons. The summed E-state index contributed by atoms with van der Waals surface area (Å²) in [5.74, 6) is 2.06. The summed E-state index contributed by atoms with van der Waals surface area (Å²) in [7, 11) is 0. The van der Waals surface area contributed by atoms with E-state index in [2.05, 4.69) is 52.2 Å². The van der Waals surface area contributed by atoms with E-state index in [0.29, 0.717) is 6.04 Å². The fourth-order valence-electron chi connectivity index (χ4n) is 1.43. The molecule has 0 aliphatic heterocycles. The molecular formula is C9H13IN2. The van der Waals surface area contributed by atoms with Gasteiger partial charge in [0.2, 0.25) is 0 Å². The second-order valence-corrected chi connectivity index (χ2v) is 4.80. The van der Waals surface area contributed by atoms with Gasteiger partial charge in [0.15, 0.2) is 0 Å². The summed E-state index contributed by atoms with van der Waals surface area (Å²) in [6.07, 6.45) is 4.82. The van der Waals surface area contributed by atoms with Crippen molar-refractivity contribution in [3.05, 3.63) is 15.7 Å². The molecule has 0 aromatic carbocycles. The third kappa shape index (κ3) is 1.51. The molecule has 0 saturated heterocycles. The van der Waals surface area contributed by atoms with Crippen LogP contribution in [0.15, 0.2) is 6.20 Å². The van der Waals surface area contributed by atoms with Crippen LogP contribution in [0.3, 0.4) is 0 Å². The Morgan fingerprint density at radius 1 is 1.58 bits per heavy atom. The average Bonchev–Trinajstić information content (AvgIpc) is 2.75. The van der Waals surface area contributed by atoms with Crippen LogP contribution in [0, 0.1) is 3.70 Å². The van der Waals surface area contributed by atoms with Crippen LogP contribution in [0.2, 0.25) is 0 Å². The number of halogens is 1. The topological polar surface area (TPSA) is 17.8 Å². The Labute approximate surface area is 86.5 Å². The number of rotatable bonds is 2. The van der Waals surface area contributed by atoms with E-state index < -0.39 is 0 Å². The molecule has 1 aromatic heterocycles. The molecule has 12 heavy (non-hydrogen) atoms. The summed E-state index contributed by atoms with van der Waals surface area (Å²) in [5, 5.41) is 0. The van der Waals surface area contributed by atoms with Crippen LogP contribution in [-0.4, -0.2) is 9.55 Å². The maximum atomic E-state index is 4.54. The fourth-order valence-corrected chi connectivity index (χ4v) is 1.98. The molecular weight excluding hydrogens is 263 g/mol. The molecule has 1 aliphatic rings. The summed E-state index contributed by atoms with van der Waals surface area (Å²) in [6, 6.07) is 0.552. The number of imidazole rings is 1. The zero-order valence-electron chi connectivity index (χ0n) is 7.42. The van der Waals surface area contributed by atoms with Gasteiger partial charge in [-0.25, -0.2) is 4.98 Å². The van der Waals surface area contributed by atoms with E-state index in [1.807, 2.05) is 0 Å². The van der Waals surface area contributed by atoms with Crippen molar-refractivity contribution in [1.82, 2.24) is 9.55 Å². The molecule has 1 aliphatic carbocycles. The molecule has 1 saturated carbocycles. The van der Waals surface area contributed by atoms with Crippen molar-refractivity contribution in [2.45, 2.75) is 38.6 Å². The van der Waals surface area contributed by atoms with E-state index in [0.717, 1.165) is 9.62 Å². The lowest BCUT2D eigenvalue weighted by molar-refractivity contribution is 0.569. The molecule has 2 rings (SSSR count). The molecule has 0 spiro atoms. The van der Waals surface area contributed by atoms with Gasteiger partial charge in [-0.2, -0.15) is 0 Å². The lowest BCUT2D eigenvalue weighted by Gasteiger charge is -2.09. The maximum Gasteiger partial charge on any atom is 0.119 e. The molecule has 3 heteroatoms. The van der Waals surface area contributed by atoms with E-state index in [-0.39, 0.29) is 0 Å². The quantitative estimate of drug-likeness (QED) is 0.759. The van der Waals surface area contributed by atoms with Crippen LogP contribution in [0.4, 0.5) is 0 Å². The zero-order chi connectivity index (χ0) is 8.72. The SMILES string of the molecule is CC(C)n1cc(I)nc1C1CC1. The lowest BCUT2D eigenvalue weighted by atomic mass is 10.3. The van der Waals surface area contributed by atoms with Crippen molar-refractivity contribution in [3.8, 4) is 0 Å². The van der Waals surface area contributed by atoms with Gasteiger partial charge in [0.1, 0.15) is 9.53 Å². The molecule has 0 N–H and O–H groups in total. The Morgan fingerprint density at radius 3 is 2.75 bits per heavy atom. The number of hydrogen-bond donors (Lipinski definition) is 0. The number of aromatic nitrogens is 2. The highest BCUT2D eigenvalue weighted by molar-refractivity contribution is 14.1. The summed E-state index contributed by atoms with van der Waals surface area (Å²) in [4.78, 5) is 4.54. The maximum absolute atomic E-state index is 4.54. The molecule has 0 amide bonds. The largest absolute Gasteiger partial charge is 0.331 e. The smallest absolute Gasteiger partial charge is 0.119 e. The van der Waals surface area contributed by atoms with Crippen molar-refractivity contribution < 1.29 is 0 Å². The highest BCUT2D eigenvalue weighted by Crippen LogP contribution is 2.40. The predicted molar refractivity (Wildman–Crippen MR) is 57.3 cm³/mol. The van der Waals surface area contributed by atoms with Crippen molar-refractivity contribution in [2.75, 3.05) is 0 Å². The van der Waals surface area contributed by atoms with Gasteiger partial charge in [-0.15, -0.1) is 0 Å². The third-order valence-corrected chi connectivity index (χ3v) is 2.75. The standard InChI is InChI=1S/C9H13IN2/c1-6(2)12-5-8(10)11-9(12)7-3-4-7/h5-7H,3-4H2,1-2H3. The summed E-state index contributed by atoms with van der Waals surface area (Å²) in [6.45, 7) is 4.42. The summed E-state index contributed by atoms with van der Waals surface area (Å²) in [5.41, 5.74) is 0. The molecule has 0 atom stereocenters. The van der Waals surface area contributed by atoms with Gasteiger partial charge in [0, 0.05) is 18.2 Å². The minimum Gasteiger partial charge on any atom is -0.331 e. The van der Waals surface area contributed by atoms with Crippen molar-refractivity contribution in [3.63, 3.8) is 0 Å². The van der Waals surface area contributed by atoms with Crippen LogP contribution < -0.4 is 0 Å². The average molecular weight is 276 g/mol. The first-order valence-electron chi connectivity index (χ1n) is 4.42. The summed E-state index contributed by atoms with van der Waals surface area (Å²) < 4.78 is 3.43. The van der Waals surface area contributed by atoms with Crippen LogP contribution in [-0.2, 0) is 0 Å². The molecule has 1 fully saturated rings. The second kappa shape index (κ2) is 3.01. The molecule has 0 bridgehead atoms. The van der Waals surface area contributed by atoms with E-state index in [9.17, 15) is 0 Å². The van der Waals surface area contributed by atoms with Gasteiger partial charge in [-0.05, 0) is 49.3 Å². The van der Waals surface area contributed by atoms with E-state index >= 15 is 0 Å². The van der Waals surface area contributed by atoms with Gasteiger partial charge < -0.3 is 4.57 Å². The minimum atomic E-state index is 0.552. The normalized spacial score (nSPS) is 17.3. The zero-order valence-corrected chi connectivity index (χ0v) is 9.58. The highest BCUT2D eigenvalue weighted by atomic mass is 127. The number of nitrogens with zero attached hydrogens (tertiary/aromatic N) is 2. The minimum absolute atomic E-state index is 0.552. The molecule has 66 valence electrons. The Bertz CT molecular complexity index is 267. The Morgan fingerprint density at radius 2 is 2.25 bits per heavy atom. The molecule has 1 aromatic rings. The molecule has 1 heterocycles. The number of hydrogen-bond acceptors (Lipinski definition) is 1. The van der Waals surface area contributed by atoms with Gasteiger partial charge in [0.05, 0.1) is 0 Å². The van der Waals surface area contributed by atoms with Crippen LogP contribution in [0.1, 0.15) is 44.5 Å². The fraction of sp³-hybridized carbons (Fsp3) is 0.667. The molecule has 0 unspecified atom stereocenters. The summed E-state index contributed by atoms with van der Waals surface area (Å²) >= 11 is 2.29. The van der Waals surface area contributed by atoms with Crippen LogP contribution >= 0.6 is 22.6 Å². The van der Waals surface area contributed by atoms with Crippen molar-refractivity contribution in [2.24, 2.45) is 0 Å². The van der Waals surface area contributed by atoms with Gasteiger partial charge in [-0.1, -0.05) is 0 Å². The van der Waals surface area contributed by atoms with Gasteiger partial charge >= 0.3 is 0 Å². The van der Waals surface area contributed by atoms with Crippen LogP contribution in [0.5, 0.6) is 0 Å². The van der Waals surface area contributed by atoms with E-state index in [4.69, 9.17) is 0 Å². The highest BCUT2D eigenvalue weighted by Gasteiger charge is 2.29. The van der Waals surface area contributed by atoms with E-state index in [1.54, 1.807) is 0 Å². The monoisotopic (exact) mass is 276 g/mol. The first-order chi connectivity index (χ1) is 5.68. The van der Waals surface area contributed by atoms with Gasteiger partial charge in [-0.3, -0.25) is 0 Å². The molecule has 2 nitrogen and oxygen atoms in total. The Hall–Kier alpha value is -0.0600. The van der Waals surface area contributed by atoms with Crippen molar-refractivity contribution >= 4 is 22.6 Å². The first kappa shape index (κ1) is 8.53. The Kier molecular flexibility index (Phi) is 2.14. The van der Waals surface area contributed by atoms with Crippen molar-refractivity contribution in [1.29, 1.82) is 0 Å².